The number of methoxy groups -OCH3 is 2. The van der Waals surface area contributed by atoms with E-state index in [0.29, 0.717) is 22.2 Å². The summed E-state index contributed by atoms with van der Waals surface area (Å²) in [6.45, 7) is 2.70. The number of hydrogen-bond acceptors (Lipinski definition) is 7. The number of hydrogen-bond donors (Lipinski definition) is 0. The Hall–Kier alpha value is -3.46. The number of benzene rings is 2. The molecule has 200 valence electrons. The predicted molar refractivity (Wildman–Crippen MR) is 152 cm³/mol. The number of likely N-dealkylation sites (tertiary alicyclic amines) is 1. The maximum Gasteiger partial charge on any atom is 0.230 e. The third kappa shape index (κ3) is 4.77. The van der Waals surface area contributed by atoms with Crippen LogP contribution in [-0.2, 0) is 35.6 Å². The van der Waals surface area contributed by atoms with Crippen molar-refractivity contribution >= 4 is 45.0 Å². The van der Waals surface area contributed by atoms with Gasteiger partial charge in [-0.05, 0) is 35.2 Å². The molecule has 6 rings (SSSR count). The molecule has 4 aromatic rings. The van der Waals surface area contributed by atoms with E-state index in [1.54, 1.807) is 25.6 Å². The van der Waals surface area contributed by atoms with Crippen LogP contribution in [0.5, 0.6) is 11.5 Å². The number of aromatic nitrogens is 1. The van der Waals surface area contributed by atoms with Gasteiger partial charge in [-0.2, -0.15) is 0 Å². The molecule has 0 saturated carbocycles. The van der Waals surface area contributed by atoms with Gasteiger partial charge in [0.25, 0.3) is 0 Å². The third-order valence-electron chi connectivity index (χ3n) is 7.46. The smallest absolute Gasteiger partial charge is 0.230 e. The standard InChI is InChI=1S/C30H28ClN3O4S/c1-37-22-9-8-19(14-23(22)38-2)27-28-20-12-13-33(15-18-6-4-3-5-7-18)17-24(20)39-30(28)32-21(29(27)31)16-34-25(35)10-11-26(34)36/h3-9,14H,10-13,15-17H2,1-2H3. The summed E-state index contributed by atoms with van der Waals surface area (Å²) in [6, 6.07) is 16.2. The van der Waals surface area contributed by atoms with Crippen LogP contribution in [0.3, 0.4) is 0 Å². The molecule has 2 aromatic heterocycles. The number of fused-ring (bicyclic) bond motifs is 3. The lowest BCUT2D eigenvalue weighted by Gasteiger charge is -2.27. The number of carbonyl (C=O) groups is 2. The van der Waals surface area contributed by atoms with E-state index >= 15 is 0 Å². The van der Waals surface area contributed by atoms with Crippen molar-refractivity contribution in [2.45, 2.75) is 38.9 Å². The topological polar surface area (TPSA) is 72.0 Å². The first-order chi connectivity index (χ1) is 19.0. The fourth-order valence-corrected chi connectivity index (χ4v) is 7.09. The molecule has 2 aliphatic heterocycles. The van der Waals surface area contributed by atoms with Gasteiger partial charge in [-0.25, -0.2) is 4.98 Å². The quantitative estimate of drug-likeness (QED) is 0.264. The Morgan fingerprint density at radius 1 is 0.949 bits per heavy atom. The molecule has 0 N–H and O–H groups in total. The van der Waals surface area contributed by atoms with E-state index in [1.807, 2.05) is 24.3 Å². The molecule has 2 aliphatic rings. The van der Waals surface area contributed by atoms with Crippen molar-refractivity contribution in [1.82, 2.24) is 14.8 Å². The molecule has 0 spiro atoms. The molecular formula is C30H28ClN3O4S. The number of rotatable bonds is 7. The van der Waals surface area contributed by atoms with E-state index in [2.05, 4.69) is 29.2 Å². The van der Waals surface area contributed by atoms with E-state index in [0.717, 1.165) is 47.4 Å². The van der Waals surface area contributed by atoms with Crippen molar-refractivity contribution in [2.75, 3.05) is 20.8 Å². The van der Waals surface area contributed by atoms with Crippen LogP contribution < -0.4 is 9.47 Å². The van der Waals surface area contributed by atoms with Gasteiger partial charge in [0.2, 0.25) is 11.8 Å². The molecule has 0 radical (unpaired) electrons. The average Bonchev–Trinajstić information content (AvgIpc) is 3.47. The number of pyridine rings is 1. The minimum atomic E-state index is -0.187. The molecule has 2 amide bonds. The first-order valence-corrected chi connectivity index (χ1v) is 14.1. The summed E-state index contributed by atoms with van der Waals surface area (Å²) in [6.07, 6.45) is 1.33. The van der Waals surface area contributed by atoms with E-state index in [4.69, 9.17) is 26.1 Å². The fourth-order valence-electron chi connectivity index (χ4n) is 5.50. The second kappa shape index (κ2) is 10.6. The summed E-state index contributed by atoms with van der Waals surface area (Å²) in [5.41, 5.74) is 4.80. The zero-order valence-corrected chi connectivity index (χ0v) is 23.4. The first-order valence-electron chi connectivity index (χ1n) is 12.9. The van der Waals surface area contributed by atoms with Gasteiger partial charge in [0.15, 0.2) is 11.5 Å². The minimum Gasteiger partial charge on any atom is -0.493 e. The Bertz CT molecular complexity index is 1570. The minimum absolute atomic E-state index is 0.0649. The van der Waals surface area contributed by atoms with Gasteiger partial charge >= 0.3 is 0 Å². The number of ether oxygens (including phenoxy) is 2. The van der Waals surface area contributed by atoms with Crippen LogP contribution in [0, 0.1) is 0 Å². The molecule has 0 bridgehead atoms. The summed E-state index contributed by atoms with van der Waals surface area (Å²) in [7, 11) is 3.21. The van der Waals surface area contributed by atoms with Crippen LogP contribution >= 0.6 is 22.9 Å². The number of amides is 2. The van der Waals surface area contributed by atoms with Crippen molar-refractivity contribution in [3.05, 3.63) is 75.3 Å². The van der Waals surface area contributed by atoms with Crippen LogP contribution in [0.2, 0.25) is 5.02 Å². The number of thiophene rings is 1. The monoisotopic (exact) mass is 561 g/mol. The summed E-state index contributed by atoms with van der Waals surface area (Å²) < 4.78 is 11.1. The second-order valence-electron chi connectivity index (χ2n) is 9.82. The van der Waals surface area contributed by atoms with Crippen molar-refractivity contribution in [1.29, 1.82) is 0 Å². The summed E-state index contributed by atoms with van der Waals surface area (Å²) in [5.74, 6) is 0.848. The maximum absolute atomic E-state index is 12.4. The lowest BCUT2D eigenvalue weighted by Crippen LogP contribution is -2.29. The molecule has 7 nitrogen and oxygen atoms in total. The Morgan fingerprint density at radius 2 is 1.69 bits per heavy atom. The molecule has 9 heteroatoms. The lowest BCUT2D eigenvalue weighted by atomic mass is 9.95. The van der Waals surface area contributed by atoms with Crippen LogP contribution in [0.15, 0.2) is 48.5 Å². The number of nitrogens with zero attached hydrogens (tertiary/aromatic N) is 3. The van der Waals surface area contributed by atoms with E-state index in [1.165, 1.54) is 20.9 Å². The highest BCUT2D eigenvalue weighted by Gasteiger charge is 2.32. The second-order valence-corrected chi connectivity index (χ2v) is 11.3. The number of imide groups is 1. The van der Waals surface area contributed by atoms with Gasteiger partial charge in [0.05, 0.1) is 31.5 Å². The molecule has 1 saturated heterocycles. The Labute approximate surface area is 235 Å². The zero-order valence-electron chi connectivity index (χ0n) is 21.8. The largest absolute Gasteiger partial charge is 0.493 e. The van der Waals surface area contributed by atoms with Gasteiger partial charge in [-0.15, -0.1) is 11.3 Å². The molecule has 0 atom stereocenters. The summed E-state index contributed by atoms with van der Waals surface area (Å²) in [4.78, 5) is 35.6. The predicted octanol–water partition coefficient (Wildman–Crippen LogP) is 5.84. The molecule has 39 heavy (non-hydrogen) atoms. The van der Waals surface area contributed by atoms with Gasteiger partial charge < -0.3 is 9.47 Å². The fraction of sp³-hybridized carbons (Fsp3) is 0.300. The Morgan fingerprint density at radius 3 is 2.41 bits per heavy atom. The third-order valence-corrected chi connectivity index (χ3v) is 8.98. The summed E-state index contributed by atoms with van der Waals surface area (Å²) >= 11 is 8.78. The molecule has 1 fully saturated rings. The lowest BCUT2D eigenvalue weighted by molar-refractivity contribution is -0.139. The molecule has 4 heterocycles. The molecule has 0 aliphatic carbocycles. The first kappa shape index (κ1) is 25.8. The number of carbonyl (C=O) groups excluding carboxylic acids is 2. The van der Waals surface area contributed by atoms with Gasteiger partial charge in [-0.1, -0.05) is 48.0 Å². The van der Waals surface area contributed by atoms with Crippen LogP contribution in [0.4, 0.5) is 0 Å². The molecular weight excluding hydrogens is 534 g/mol. The highest BCUT2D eigenvalue weighted by atomic mass is 35.5. The van der Waals surface area contributed by atoms with Crippen LogP contribution in [0.1, 0.15) is 34.5 Å². The number of halogens is 1. The van der Waals surface area contributed by atoms with Crippen molar-refractivity contribution < 1.29 is 19.1 Å². The Balaban J connectivity index is 1.47. The van der Waals surface area contributed by atoms with Crippen molar-refractivity contribution in [3.63, 3.8) is 0 Å². The van der Waals surface area contributed by atoms with Gasteiger partial charge in [0, 0.05) is 48.3 Å². The zero-order chi connectivity index (χ0) is 27.1. The molecule has 2 aromatic carbocycles. The van der Waals surface area contributed by atoms with Gasteiger partial charge in [-0.3, -0.25) is 19.4 Å². The van der Waals surface area contributed by atoms with Crippen molar-refractivity contribution in [3.8, 4) is 22.6 Å². The molecule has 0 unspecified atom stereocenters. The normalized spacial score (nSPS) is 15.7. The van der Waals surface area contributed by atoms with E-state index in [9.17, 15) is 9.59 Å². The average molecular weight is 562 g/mol. The van der Waals surface area contributed by atoms with E-state index < -0.39 is 0 Å². The van der Waals surface area contributed by atoms with Crippen LogP contribution in [-0.4, -0.2) is 47.4 Å². The van der Waals surface area contributed by atoms with E-state index in [-0.39, 0.29) is 31.2 Å². The summed E-state index contributed by atoms with van der Waals surface area (Å²) in [5, 5.41) is 1.49. The van der Waals surface area contributed by atoms with Crippen molar-refractivity contribution in [2.24, 2.45) is 0 Å². The SMILES string of the molecule is COc1ccc(-c2c(Cl)c(CN3C(=O)CCC3=O)nc3sc4c(c23)CCN(Cc2ccccc2)C4)cc1OC. The maximum atomic E-state index is 12.4. The van der Waals surface area contributed by atoms with Gasteiger partial charge in [0.1, 0.15) is 4.83 Å². The van der Waals surface area contributed by atoms with Crippen LogP contribution in [0.25, 0.3) is 21.3 Å². The Kier molecular flexibility index (Phi) is 7.01. The highest BCUT2D eigenvalue weighted by molar-refractivity contribution is 7.19. The highest BCUT2D eigenvalue weighted by Crippen LogP contribution is 2.46.